The van der Waals surface area contributed by atoms with Gasteiger partial charge in [0.15, 0.2) is 5.69 Å². The van der Waals surface area contributed by atoms with Gasteiger partial charge in [0.25, 0.3) is 0 Å². The first-order valence-electron chi connectivity index (χ1n) is 10.3. The minimum atomic E-state index is -4.54. The molecule has 1 aromatic carbocycles. The highest BCUT2D eigenvalue weighted by atomic mass is 19.4. The molecule has 1 fully saturated rings. The van der Waals surface area contributed by atoms with Gasteiger partial charge in [0.2, 0.25) is 5.91 Å². The van der Waals surface area contributed by atoms with Crippen LogP contribution in [-0.4, -0.2) is 33.8 Å². The molecule has 6 nitrogen and oxygen atoms in total. The van der Waals surface area contributed by atoms with Gasteiger partial charge in [-0.1, -0.05) is 0 Å². The van der Waals surface area contributed by atoms with Crippen LogP contribution in [-0.2, 0) is 17.5 Å². The van der Waals surface area contributed by atoms with Crippen molar-refractivity contribution in [3.63, 3.8) is 0 Å². The van der Waals surface area contributed by atoms with Gasteiger partial charge in [-0.25, -0.2) is 4.98 Å². The second kappa shape index (κ2) is 8.20. The Morgan fingerprint density at radius 2 is 1.84 bits per heavy atom. The predicted molar refractivity (Wildman–Crippen MR) is 113 cm³/mol. The van der Waals surface area contributed by atoms with Crippen LogP contribution in [0.1, 0.15) is 36.2 Å². The summed E-state index contributed by atoms with van der Waals surface area (Å²) in [5, 5.41) is 7.16. The number of hydrogen-bond donors (Lipinski definition) is 1. The van der Waals surface area contributed by atoms with Gasteiger partial charge >= 0.3 is 6.18 Å². The van der Waals surface area contributed by atoms with Gasteiger partial charge in [-0.2, -0.15) is 18.3 Å². The molecule has 1 aliphatic heterocycles. The van der Waals surface area contributed by atoms with Gasteiger partial charge in [-0.05, 0) is 69.0 Å². The molecule has 0 atom stereocenters. The Morgan fingerprint density at radius 1 is 1.10 bits per heavy atom. The van der Waals surface area contributed by atoms with E-state index in [-0.39, 0.29) is 12.2 Å². The Labute approximate surface area is 178 Å². The molecule has 4 rings (SSSR count). The third-order valence-electron chi connectivity index (χ3n) is 5.53. The molecule has 31 heavy (non-hydrogen) atoms. The van der Waals surface area contributed by atoms with E-state index in [0.717, 1.165) is 46.1 Å². The number of nitrogens with zero attached hydrogens (tertiary/aromatic N) is 4. The van der Waals surface area contributed by atoms with E-state index in [4.69, 9.17) is 4.98 Å². The number of carbonyl (C=O) groups is 1. The number of aromatic nitrogens is 3. The number of nitrogens with one attached hydrogen (secondary N) is 1. The van der Waals surface area contributed by atoms with Gasteiger partial charge < -0.3 is 10.2 Å². The van der Waals surface area contributed by atoms with Crippen molar-refractivity contribution in [2.75, 3.05) is 23.3 Å². The maximum Gasteiger partial charge on any atom is 0.435 e. The number of fused-ring (bicyclic) bond motifs is 1. The fraction of sp³-hybridized carbons (Fsp3) is 0.409. The zero-order valence-corrected chi connectivity index (χ0v) is 17.5. The number of halogens is 3. The van der Waals surface area contributed by atoms with E-state index >= 15 is 0 Å². The van der Waals surface area contributed by atoms with E-state index in [0.29, 0.717) is 5.69 Å². The van der Waals surface area contributed by atoms with Crippen molar-refractivity contribution in [1.82, 2.24) is 14.8 Å². The number of aryl methyl sites for hydroxylation is 2. The Bertz CT molecular complexity index is 1120. The molecule has 2 aromatic heterocycles. The number of alkyl halides is 3. The first-order valence-corrected chi connectivity index (χ1v) is 10.3. The average Bonchev–Trinajstić information content (AvgIpc) is 3.09. The molecule has 1 saturated heterocycles. The lowest BCUT2D eigenvalue weighted by Gasteiger charge is -2.28. The fourth-order valence-electron chi connectivity index (χ4n) is 3.88. The number of rotatable bonds is 4. The number of carbonyl (C=O) groups excluding carboxylic acids is 1. The minimum Gasteiger partial charge on any atom is -0.357 e. The van der Waals surface area contributed by atoms with Crippen molar-refractivity contribution in [3.05, 3.63) is 47.3 Å². The Balaban J connectivity index is 1.50. The van der Waals surface area contributed by atoms with Crippen LogP contribution in [0.15, 0.2) is 30.3 Å². The van der Waals surface area contributed by atoms with Crippen LogP contribution in [0.4, 0.5) is 24.7 Å². The van der Waals surface area contributed by atoms with Crippen LogP contribution in [0, 0.1) is 13.8 Å². The van der Waals surface area contributed by atoms with Gasteiger partial charge in [0.05, 0.1) is 5.52 Å². The van der Waals surface area contributed by atoms with E-state index in [2.05, 4.69) is 21.4 Å². The van der Waals surface area contributed by atoms with Crippen molar-refractivity contribution in [2.45, 2.75) is 45.8 Å². The van der Waals surface area contributed by atoms with Crippen molar-refractivity contribution < 1.29 is 18.0 Å². The molecule has 3 aromatic rings. The highest BCUT2D eigenvalue weighted by Gasteiger charge is 2.34. The molecule has 1 aliphatic rings. The SMILES string of the molecule is Cc1cc(N2CCCCC2)nc2ccc(NC(=O)Cn3nc(C(F)(F)F)cc3C)cc12. The number of anilines is 2. The Morgan fingerprint density at radius 3 is 2.52 bits per heavy atom. The molecule has 0 saturated carbocycles. The second-order valence-corrected chi connectivity index (χ2v) is 7.95. The first-order chi connectivity index (χ1) is 14.7. The molecular weight excluding hydrogens is 407 g/mol. The molecule has 0 unspecified atom stereocenters. The standard InChI is InChI=1S/C22H24F3N5O/c1-14-10-20(29-8-4-3-5-9-29)27-18-7-6-16(12-17(14)18)26-21(31)13-30-15(2)11-19(28-30)22(23,24)25/h6-7,10-12H,3-5,8-9,13H2,1-2H3,(H,26,31). The van der Waals surface area contributed by atoms with Crippen LogP contribution < -0.4 is 10.2 Å². The lowest BCUT2D eigenvalue weighted by molar-refractivity contribution is -0.141. The van der Waals surface area contributed by atoms with Crippen LogP contribution in [0.3, 0.4) is 0 Å². The summed E-state index contributed by atoms with van der Waals surface area (Å²) < 4.78 is 39.5. The number of pyridine rings is 1. The summed E-state index contributed by atoms with van der Waals surface area (Å²) >= 11 is 0. The highest BCUT2D eigenvalue weighted by Crippen LogP contribution is 2.29. The molecule has 164 valence electrons. The van der Waals surface area contributed by atoms with Gasteiger partial charge in [-0.3, -0.25) is 9.48 Å². The lowest BCUT2D eigenvalue weighted by Crippen LogP contribution is -2.30. The number of benzene rings is 1. The first kappa shape index (κ1) is 21.1. The van der Waals surface area contributed by atoms with E-state index in [1.807, 2.05) is 19.1 Å². The molecule has 0 bridgehead atoms. The summed E-state index contributed by atoms with van der Waals surface area (Å²) in [6.07, 6.45) is -0.946. The fourth-order valence-corrected chi connectivity index (χ4v) is 3.88. The molecule has 1 amide bonds. The average molecular weight is 431 g/mol. The lowest BCUT2D eigenvalue weighted by atomic mass is 10.1. The van der Waals surface area contributed by atoms with Crippen molar-refractivity contribution in [1.29, 1.82) is 0 Å². The predicted octanol–water partition coefficient (Wildman–Crippen LogP) is 4.70. The second-order valence-electron chi connectivity index (χ2n) is 7.95. The zero-order chi connectivity index (χ0) is 22.2. The van der Waals surface area contributed by atoms with E-state index in [1.54, 1.807) is 6.07 Å². The topological polar surface area (TPSA) is 63.1 Å². The summed E-state index contributed by atoms with van der Waals surface area (Å²) in [6, 6.07) is 8.44. The minimum absolute atomic E-state index is 0.270. The molecule has 0 radical (unpaired) electrons. The highest BCUT2D eigenvalue weighted by molar-refractivity contribution is 5.94. The maximum atomic E-state index is 12.8. The van der Waals surface area contributed by atoms with Gasteiger partial charge in [0.1, 0.15) is 12.4 Å². The van der Waals surface area contributed by atoms with Crippen LogP contribution >= 0.6 is 0 Å². The molecule has 1 N–H and O–H groups in total. The third kappa shape index (κ3) is 4.65. The van der Waals surface area contributed by atoms with Gasteiger partial charge in [-0.15, -0.1) is 0 Å². The normalized spacial score (nSPS) is 14.8. The van der Waals surface area contributed by atoms with Crippen molar-refractivity contribution in [3.8, 4) is 0 Å². The molecular formula is C22H24F3N5O. The number of hydrogen-bond acceptors (Lipinski definition) is 4. The third-order valence-corrected chi connectivity index (χ3v) is 5.53. The van der Waals surface area contributed by atoms with Crippen molar-refractivity contribution in [2.24, 2.45) is 0 Å². The zero-order valence-electron chi connectivity index (χ0n) is 17.5. The molecule has 0 aliphatic carbocycles. The maximum absolute atomic E-state index is 12.8. The van der Waals surface area contributed by atoms with E-state index < -0.39 is 17.8 Å². The van der Waals surface area contributed by atoms with Crippen molar-refractivity contribution >= 4 is 28.3 Å². The van der Waals surface area contributed by atoms with E-state index in [1.165, 1.54) is 26.2 Å². The smallest absolute Gasteiger partial charge is 0.357 e. The molecule has 9 heteroatoms. The molecule has 3 heterocycles. The summed E-state index contributed by atoms with van der Waals surface area (Å²) in [4.78, 5) is 19.5. The monoisotopic (exact) mass is 431 g/mol. The molecule has 0 spiro atoms. The van der Waals surface area contributed by atoms with E-state index in [9.17, 15) is 18.0 Å². The van der Waals surface area contributed by atoms with Gasteiger partial charge in [0, 0.05) is 29.9 Å². The van der Waals surface area contributed by atoms with Crippen LogP contribution in [0.2, 0.25) is 0 Å². The number of amides is 1. The Kier molecular flexibility index (Phi) is 5.60. The summed E-state index contributed by atoms with van der Waals surface area (Å²) in [6.45, 7) is 5.21. The summed E-state index contributed by atoms with van der Waals surface area (Å²) in [5.41, 5.74) is 1.73. The largest absolute Gasteiger partial charge is 0.435 e. The number of piperidine rings is 1. The summed E-state index contributed by atoms with van der Waals surface area (Å²) in [7, 11) is 0. The van der Waals surface area contributed by atoms with Crippen LogP contribution in [0.25, 0.3) is 10.9 Å². The summed E-state index contributed by atoms with van der Waals surface area (Å²) in [5.74, 6) is 0.519. The quantitative estimate of drug-likeness (QED) is 0.651. The van der Waals surface area contributed by atoms with Crippen LogP contribution in [0.5, 0.6) is 0 Å². The Hall–Kier alpha value is -3.10.